The monoisotopic (exact) mass is 410 g/mol. The third kappa shape index (κ3) is 4.42. The van der Waals surface area contributed by atoms with Gasteiger partial charge in [-0.1, -0.05) is 0 Å². The SMILES string of the molecule is COc1ccc(S(=O)(=O)Nc2ccc3c(c2)OC(C)(C)CN3CCCl)cc1. The van der Waals surface area contributed by atoms with E-state index in [1.807, 2.05) is 19.9 Å². The molecule has 0 saturated heterocycles. The quantitative estimate of drug-likeness (QED) is 0.735. The minimum Gasteiger partial charge on any atom is -0.497 e. The van der Waals surface area contributed by atoms with Gasteiger partial charge in [-0.05, 0) is 50.2 Å². The molecular formula is C19H23ClN2O4S. The molecule has 0 radical (unpaired) electrons. The highest BCUT2D eigenvalue weighted by Crippen LogP contribution is 2.39. The van der Waals surface area contributed by atoms with E-state index in [1.165, 1.54) is 19.2 Å². The number of ether oxygens (including phenoxy) is 2. The molecule has 0 saturated carbocycles. The molecule has 1 aliphatic heterocycles. The van der Waals surface area contributed by atoms with Crippen molar-refractivity contribution in [2.45, 2.75) is 24.3 Å². The van der Waals surface area contributed by atoms with Gasteiger partial charge in [0.15, 0.2) is 0 Å². The molecule has 1 heterocycles. The van der Waals surface area contributed by atoms with Gasteiger partial charge in [0.05, 0.1) is 29.9 Å². The number of hydrogen-bond acceptors (Lipinski definition) is 5. The van der Waals surface area contributed by atoms with E-state index in [-0.39, 0.29) is 4.90 Å². The van der Waals surface area contributed by atoms with Gasteiger partial charge in [0, 0.05) is 18.5 Å². The number of nitrogens with zero attached hydrogens (tertiary/aromatic N) is 1. The molecule has 27 heavy (non-hydrogen) atoms. The van der Waals surface area contributed by atoms with Crippen LogP contribution in [-0.2, 0) is 10.0 Å². The van der Waals surface area contributed by atoms with Crippen LogP contribution in [0.25, 0.3) is 0 Å². The van der Waals surface area contributed by atoms with E-state index in [1.54, 1.807) is 24.3 Å². The highest BCUT2D eigenvalue weighted by molar-refractivity contribution is 7.92. The summed E-state index contributed by atoms with van der Waals surface area (Å²) in [6.45, 7) is 5.39. The molecule has 1 N–H and O–H groups in total. The van der Waals surface area contributed by atoms with Crippen LogP contribution >= 0.6 is 11.6 Å². The number of benzene rings is 2. The van der Waals surface area contributed by atoms with Gasteiger partial charge < -0.3 is 14.4 Å². The summed E-state index contributed by atoms with van der Waals surface area (Å²) in [4.78, 5) is 2.30. The molecule has 0 bridgehead atoms. The van der Waals surface area contributed by atoms with Crippen molar-refractivity contribution in [3.8, 4) is 11.5 Å². The van der Waals surface area contributed by atoms with Crippen LogP contribution in [0.3, 0.4) is 0 Å². The minimum atomic E-state index is -3.71. The van der Waals surface area contributed by atoms with E-state index in [2.05, 4.69) is 9.62 Å². The summed E-state index contributed by atoms with van der Waals surface area (Å²) in [6.07, 6.45) is 0. The number of hydrogen-bond donors (Lipinski definition) is 1. The first-order valence-corrected chi connectivity index (χ1v) is 10.6. The Morgan fingerprint density at radius 2 is 1.93 bits per heavy atom. The fourth-order valence-electron chi connectivity index (χ4n) is 3.07. The number of alkyl halides is 1. The van der Waals surface area contributed by atoms with E-state index in [0.717, 1.165) is 5.69 Å². The highest BCUT2D eigenvalue weighted by atomic mass is 35.5. The van der Waals surface area contributed by atoms with Crippen LogP contribution in [0.1, 0.15) is 13.8 Å². The molecule has 0 aliphatic carbocycles. The first kappa shape index (κ1) is 19.6. The Morgan fingerprint density at radius 3 is 2.56 bits per heavy atom. The summed E-state index contributed by atoms with van der Waals surface area (Å²) in [6, 6.07) is 11.5. The van der Waals surface area contributed by atoms with Gasteiger partial charge in [0.25, 0.3) is 10.0 Å². The summed E-state index contributed by atoms with van der Waals surface area (Å²) in [5.41, 5.74) is 0.947. The van der Waals surface area contributed by atoms with E-state index in [4.69, 9.17) is 21.1 Å². The van der Waals surface area contributed by atoms with Gasteiger partial charge in [-0.25, -0.2) is 8.42 Å². The average Bonchev–Trinajstić information content (AvgIpc) is 2.60. The first-order valence-electron chi connectivity index (χ1n) is 8.55. The van der Waals surface area contributed by atoms with Gasteiger partial charge >= 0.3 is 0 Å². The zero-order valence-corrected chi connectivity index (χ0v) is 17.1. The normalized spacial score (nSPS) is 15.6. The van der Waals surface area contributed by atoms with Crippen molar-refractivity contribution in [1.82, 2.24) is 0 Å². The topological polar surface area (TPSA) is 67.9 Å². The van der Waals surface area contributed by atoms with Crippen molar-refractivity contribution in [3.63, 3.8) is 0 Å². The number of halogens is 1. The predicted octanol–water partition coefficient (Wildman–Crippen LogP) is 3.71. The first-order chi connectivity index (χ1) is 12.7. The Kier molecular flexibility index (Phi) is 5.44. The zero-order chi connectivity index (χ0) is 19.7. The Hall–Kier alpha value is -2.12. The van der Waals surface area contributed by atoms with E-state index >= 15 is 0 Å². The molecule has 8 heteroatoms. The van der Waals surface area contributed by atoms with E-state index < -0.39 is 15.6 Å². The van der Waals surface area contributed by atoms with Crippen molar-refractivity contribution in [2.75, 3.05) is 35.7 Å². The van der Waals surface area contributed by atoms with Crippen molar-refractivity contribution in [1.29, 1.82) is 0 Å². The lowest BCUT2D eigenvalue weighted by Gasteiger charge is -2.40. The second-order valence-corrected chi connectivity index (χ2v) is 9.00. The average molecular weight is 411 g/mol. The minimum absolute atomic E-state index is 0.158. The molecule has 0 atom stereocenters. The van der Waals surface area contributed by atoms with Gasteiger partial charge in [-0.15, -0.1) is 11.6 Å². The number of methoxy groups -OCH3 is 1. The second-order valence-electron chi connectivity index (χ2n) is 6.94. The molecule has 0 amide bonds. The van der Waals surface area contributed by atoms with Crippen LogP contribution in [0.2, 0.25) is 0 Å². The molecular weight excluding hydrogens is 388 g/mol. The molecule has 2 aromatic rings. The van der Waals surface area contributed by atoms with Crippen molar-refractivity contribution >= 4 is 33.0 Å². The number of fused-ring (bicyclic) bond motifs is 1. The number of sulfonamides is 1. The maximum absolute atomic E-state index is 12.6. The Morgan fingerprint density at radius 1 is 1.22 bits per heavy atom. The second kappa shape index (κ2) is 7.48. The standard InChI is InChI=1S/C19H23ClN2O4S/c1-19(2)13-22(11-10-20)17-9-4-14(12-18(17)26-19)21-27(23,24)16-7-5-15(25-3)6-8-16/h4-9,12,21H,10-11,13H2,1-3H3. The largest absolute Gasteiger partial charge is 0.497 e. The summed E-state index contributed by atoms with van der Waals surface area (Å²) in [7, 11) is -2.18. The predicted molar refractivity (Wildman–Crippen MR) is 108 cm³/mol. The van der Waals surface area contributed by atoms with Gasteiger partial charge in [-0.2, -0.15) is 0 Å². The lowest BCUT2D eigenvalue weighted by Crippen LogP contribution is -2.47. The lowest BCUT2D eigenvalue weighted by molar-refractivity contribution is 0.105. The third-order valence-corrected chi connectivity index (χ3v) is 5.80. The smallest absolute Gasteiger partial charge is 0.261 e. The van der Waals surface area contributed by atoms with Crippen LogP contribution in [-0.4, -0.2) is 40.1 Å². The zero-order valence-electron chi connectivity index (χ0n) is 15.5. The highest BCUT2D eigenvalue weighted by Gasteiger charge is 2.31. The van der Waals surface area contributed by atoms with Gasteiger partial charge in [-0.3, -0.25) is 4.72 Å². The fourth-order valence-corrected chi connectivity index (χ4v) is 4.32. The van der Waals surface area contributed by atoms with Crippen LogP contribution in [0.4, 0.5) is 11.4 Å². The molecule has 146 valence electrons. The van der Waals surface area contributed by atoms with Crippen LogP contribution in [0, 0.1) is 0 Å². The molecule has 0 fully saturated rings. The molecule has 0 spiro atoms. The number of nitrogens with one attached hydrogen (secondary N) is 1. The molecule has 6 nitrogen and oxygen atoms in total. The maximum atomic E-state index is 12.6. The Labute approximate surface area is 165 Å². The molecule has 0 aromatic heterocycles. The van der Waals surface area contributed by atoms with E-state index in [9.17, 15) is 8.42 Å². The molecule has 3 rings (SSSR count). The summed E-state index contributed by atoms with van der Waals surface area (Å²) >= 11 is 5.92. The van der Waals surface area contributed by atoms with Crippen LogP contribution in [0.5, 0.6) is 11.5 Å². The van der Waals surface area contributed by atoms with Crippen LogP contribution in [0.15, 0.2) is 47.4 Å². The molecule has 2 aromatic carbocycles. The maximum Gasteiger partial charge on any atom is 0.261 e. The summed E-state index contributed by atoms with van der Waals surface area (Å²) in [5, 5.41) is 0. The lowest BCUT2D eigenvalue weighted by atomic mass is 10.1. The summed E-state index contributed by atoms with van der Waals surface area (Å²) in [5.74, 6) is 1.73. The molecule has 1 aliphatic rings. The van der Waals surface area contributed by atoms with E-state index in [0.29, 0.717) is 36.2 Å². The summed E-state index contributed by atoms with van der Waals surface area (Å²) < 4.78 is 39.0. The van der Waals surface area contributed by atoms with Crippen molar-refractivity contribution in [3.05, 3.63) is 42.5 Å². The van der Waals surface area contributed by atoms with Crippen molar-refractivity contribution in [2.24, 2.45) is 0 Å². The van der Waals surface area contributed by atoms with Crippen molar-refractivity contribution < 1.29 is 17.9 Å². The third-order valence-electron chi connectivity index (χ3n) is 4.23. The van der Waals surface area contributed by atoms with Crippen LogP contribution < -0.4 is 19.1 Å². The Balaban J connectivity index is 1.88. The van der Waals surface area contributed by atoms with Gasteiger partial charge in [0.2, 0.25) is 0 Å². The van der Waals surface area contributed by atoms with Gasteiger partial charge in [0.1, 0.15) is 17.1 Å². The number of anilines is 2. The Bertz CT molecular complexity index is 914. The number of rotatable bonds is 6. The fraction of sp³-hybridized carbons (Fsp3) is 0.368. The molecule has 0 unspecified atom stereocenters.